The van der Waals surface area contributed by atoms with Crippen molar-refractivity contribution in [3.63, 3.8) is 0 Å². The molecule has 0 radical (unpaired) electrons. The van der Waals surface area contributed by atoms with Crippen LogP contribution in [-0.2, 0) is 19.1 Å². The summed E-state index contributed by atoms with van der Waals surface area (Å²) in [5, 5.41) is 2.36. The van der Waals surface area contributed by atoms with Crippen LogP contribution >= 0.6 is 0 Å². The second kappa shape index (κ2) is 5.70. The summed E-state index contributed by atoms with van der Waals surface area (Å²) in [5.74, 6) is -1.30. The minimum absolute atomic E-state index is 0.144. The van der Waals surface area contributed by atoms with Crippen molar-refractivity contribution in [2.45, 2.75) is 0 Å². The third kappa shape index (κ3) is 5.37. The Morgan fingerprint density at radius 1 is 1.46 bits per heavy atom. The number of rotatable bonds is 1. The Labute approximate surface area is 75.1 Å². The van der Waals surface area contributed by atoms with E-state index in [1.54, 1.807) is 7.05 Å². The topological polar surface area (TPSA) is 72.5 Å². The maximum absolute atomic E-state index is 9.95. The fraction of sp³-hybridized carbons (Fsp3) is 0.125. The van der Waals surface area contributed by atoms with Crippen molar-refractivity contribution in [2.75, 3.05) is 7.05 Å². The van der Waals surface area contributed by atoms with Gasteiger partial charge in [0.05, 0.1) is 0 Å². The molecule has 13 heavy (non-hydrogen) atoms. The van der Waals surface area contributed by atoms with Crippen LogP contribution < -0.4 is 5.32 Å². The number of hydrogen-bond acceptors (Lipinski definition) is 4. The smallest absolute Gasteiger partial charge is 0.338 e. The normalized spacial score (nSPS) is 12.7. The highest BCUT2D eigenvalue weighted by molar-refractivity contribution is 6.04. The quantitative estimate of drug-likeness (QED) is 0.339. The molecule has 1 aliphatic heterocycles. The number of esters is 2. The molecule has 0 saturated carbocycles. The SMILES string of the molecule is C=CC(=O)NC.O=C1C=CC(=O)O1. The maximum atomic E-state index is 9.95. The molecule has 0 aromatic heterocycles. The molecule has 0 bridgehead atoms. The average molecular weight is 183 g/mol. The van der Waals surface area contributed by atoms with Crippen molar-refractivity contribution < 1.29 is 19.1 Å². The van der Waals surface area contributed by atoms with Gasteiger partial charge in [0.25, 0.3) is 0 Å². The molecule has 5 heteroatoms. The summed E-state index contributed by atoms with van der Waals surface area (Å²) in [4.78, 5) is 29.8. The number of cyclic esters (lactones) is 2. The van der Waals surface area contributed by atoms with Gasteiger partial charge in [-0.25, -0.2) is 9.59 Å². The molecule has 0 aliphatic carbocycles. The average Bonchev–Trinajstić information content (AvgIpc) is 2.49. The summed E-state index contributed by atoms with van der Waals surface area (Å²) in [6, 6.07) is 0. The largest absolute Gasteiger partial charge is 0.387 e. The van der Waals surface area contributed by atoms with Crippen molar-refractivity contribution in [2.24, 2.45) is 0 Å². The summed E-state index contributed by atoms with van der Waals surface area (Å²) < 4.78 is 3.97. The Hall–Kier alpha value is -1.91. The molecule has 0 unspecified atom stereocenters. The lowest BCUT2D eigenvalue weighted by Crippen LogP contribution is -2.13. The lowest BCUT2D eigenvalue weighted by atomic mass is 10.6. The minimum Gasteiger partial charge on any atom is -0.387 e. The first-order valence-corrected chi connectivity index (χ1v) is 3.38. The number of amides is 1. The highest BCUT2D eigenvalue weighted by atomic mass is 16.6. The van der Waals surface area contributed by atoms with Crippen LogP contribution in [0.3, 0.4) is 0 Å². The van der Waals surface area contributed by atoms with Crippen LogP contribution in [0.15, 0.2) is 24.8 Å². The van der Waals surface area contributed by atoms with Crippen LogP contribution in [0.2, 0.25) is 0 Å². The monoisotopic (exact) mass is 183 g/mol. The van der Waals surface area contributed by atoms with Crippen LogP contribution in [0.1, 0.15) is 0 Å². The zero-order valence-corrected chi connectivity index (χ0v) is 7.07. The lowest BCUT2D eigenvalue weighted by Gasteiger charge is -1.82. The zero-order valence-electron chi connectivity index (χ0n) is 7.07. The van der Waals surface area contributed by atoms with Crippen LogP contribution in [0.5, 0.6) is 0 Å². The van der Waals surface area contributed by atoms with Gasteiger partial charge in [0.2, 0.25) is 5.91 Å². The standard InChI is InChI=1S/C4H7NO.C4H2O3/c1-3-4(6)5-2;5-3-1-2-4(6)7-3/h3H,1H2,2H3,(H,5,6);1-2H. The van der Waals surface area contributed by atoms with E-state index in [4.69, 9.17) is 0 Å². The van der Waals surface area contributed by atoms with Crippen molar-refractivity contribution in [1.82, 2.24) is 5.32 Å². The molecule has 0 saturated heterocycles. The summed E-state index contributed by atoms with van der Waals surface area (Å²) >= 11 is 0. The van der Waals surface area contributed by atoms with E-state index in [0.717, 1.165) is 12.2 Å². The fourth-order valence-corrected chi connectivity index (χ4v) is 0.405. The number of carbonyl (C=O) groups excluding carboxylic acids is 3. The molecule has 0 atom stereocenters. The predicted molar refractivity (Wildman–Crippen MR) is 44.5 cm³/mol. The summed E-state index contributed by atoms with van der Waals surface area (Å²) in [7, 11) is 1.56. The highest BCUT2D eigenvalue weighted by Gasteiger charge is 2.10. The first kappa shape index (κ1) is 11.1. The zero-order chi connectivity index (χ0) is 10.3. The van der Waals surface area contributed by atoms with E-state index in [2.05, 4.69) is 16.6 Å². The molecular formula is C8H9NO4. The van der Waals surface area contributed by atoms with Gasteiger partial charge in [0, 0.05) is 19.2 Å². The van der Waals surface area contributed by atoms with E-state index in [9.17, 15) is 14.4 Å². The van der Waals surface area contributed by atoms with Crippen molar-refractivity contribution >= 4 is 17.8 Å². The summed E-state index contributed by atoms with van der Waals surface area (Å²) in [5.41, 5.74) is 0. The Morgan fingerprint density at radius 3 is 2.00 bits per heavy atom. The lowest BCUT2D eigenvalue weighted by molar-refractivity contribution is -0.150. The van der Waals surface area contributed by atoms with Gasteiger partial charge in [-0.1, -0.05) is 6.58 Å². The number of carbonyl (C=O) groups is 3. The van der Waals surface area contributed by atoms with Crippen LogP contribution in [-0.4, -0.2) is 24.9 Å². The number of hydrogen-bond donors (Lipinski definition) is 1. The molecule has 1 rings (SSSR count). The van der Waals surface area contributed by atoms with Gasteiger partial charge >= 0.3 is 11.9 Å². The Bertz CT molecular complexity index is 251. The number of nitrogens with one attached hydrogen (secondary N) is 1. The van der Waals surface area contributed by atoms with Crippen molar-refractivity contribution in [3.05, 3.63) is 24.8 Å². The van der Waals surface area contributed by atoms with Gasteiger partial charge in [0.1, 0.15) is 0 Å². The second-order valence-corrected chi connectivity index (χ2v) is 1.89. The van der Waals surface area contributed by atoms with E-state index in [1.165, 1.54) is 6.08 Å². The van der Waals surface area contributed by atoms with Crippen LogP contribution in [0, 0.1) is 0 Å². The maximum Gasteiger partial charge on any atom is 0.338 e. The Morgan fingerprint density at radius 2 is 1.92 bits per heavy atom. The molecule has 0 spiro atoms. The van der Waals surface area contributed by atoms with E-state index in [1.807, 2.05) is 0 Å². The molecule has 5 nitrogen and oxygen atoms in total. The molecule has 0 aromatic carbocycles. The van der Waals surface area contributed by atoms with Crippen LogP contribution in [0.4, 0.5) is 0 Å². The molecule has 1 aliphatic rings. The van der Waals surface area contributed by atoms with E-state index in [0.29, 0.717) is 0 Å². The molecule has 0 aromatic rings. The molecule has 1 amide bonds. The summed E-state index contributed by atoms with van der Waals surface area (Å²) in [6.45, 7) is 3.22. The predicted octanol–water partition coefficient (Wildman–Crippen LogP) is -0.456. The highest BCUT2D eigenvalue weighted by Crippen LogP contribution is 1.92. The third-order valence-corrected chi connectivity index (χ3v) is 0.988. The second-order valence-electron chi connectivity index (χ2n) is 1.89. The Kier molecular flexibility index (Phi) is 4.87. The van der Waals surface area contributed by atoms with Gasteiger partial charge in [-0.15, -0.1) is 0 Å². The van der Waals surface area contributed by atoms with Crippen molar-refractivity contribution in [3.8, 4) is 0 Å². The minimum atomic E-state index is -0.579. The van der Waals surface area contributed by atoms with Gasteiger partial charge in [-0.05, 0) is 6.08 Å². The molecular weight excluding hydrogens is 174 g/mol. The first-order valence-electron chi connectivity index (χ1n) is 3.38. The van der Waals surface area contributed by atoms with Crippen LogP contribution in [0.25, 0.3) is 0 Å². The first-order chi connectivity index (χ1) is 6.10. The molecule has 70 valence electrons. The van der Waals surface area contributed by atoms with Gasteiger partial charge in [-0.2, -0.15) is 0 Å². The van der Waals surface area contributed by atoms with E-state index < -0.39 is 11.9 Å². The Balaban J connectivity index is 0.000000226. The van der Waals surface area contributed by atoms with E-state index >= 15 is 0 Å². The van der Waals surface area contributed by atoms with Gasteiger partial charge in [0.15, 0.2) is 0 Å². The third-order valence-electron chi connectivity index (χ3n) is 0.988. The summed E-state index contributed by atoms with van der Waals surface area (Å²) in [6.07, 6.45) is 3.39. The fourth-order valence-electron chi connectivity index (χ4n) is 0.405. The number of ether oxygens (including phenoxy) is 1. The van der Waals surface area contributed by atoms with Crippen molar-refractivity contribution in [1.29, 1.82) is 0 Å². The van der Waals surface area contributed by atoms with Gasteiger partial charge in [-0.3, -0.25) is 4.79 Å². The van der Waals surface area contributed by atoms with Gasteiger partial charge < -0.3 is 10.1 Å². The molecule has 0 fully saturated rings. The van der Waals surface area contributed by atoms with E-state index in [-0.39, 0.29) is 5.91 Å². The number of likely N-dealkylation sites (N-methyl/N-ethyl adjacent to an activating group) is 1. The molecule has 1 N–H and O–H groups in total. The molecule has 1 heterocycles.